The second-order valence-electron chi connectivity index (χ2n) is 5.06. The topological polar surface area (TPSA) is 62.7 Å². The van der Waals surface area contributed by atoms with Crippen LogP contribution in [0.15, 0.2) is 12.1 Å². The predicted molar refractivity (Wildman–Crippen MR) is 69.0 cm³/mol. The number of aromatic nitrogens is 1. The third-order valence-electron chi connectivity index (χ3n) is 2.06. The Morgan fingerprint density at radius 2 is 2.05 bits per heavy atom. The zero-order valence-electron chi connectivity index (χ0n) is 11.8. The number of nitrogens with zero attached hydrogens (tertiary/aromatic N) is 2. The molecule has 1 amide bonds. The number of hydrogen-bond acceptors (Lipinski definition) is 4. The Bertz CT molecular complexity index is 444. The van der Waals surface area contributed by atoms with Gasteiger partial charge in [-0.2, -0.15) is 0 Å². The van der Waals surface area contributed by atoms with Gasteiger partial charge in [-0.05, 0) is 45.4 Å². The normalized spacial score (nSPS) is 10.6. The van der Waals surface area contributed by atoms with Crippen molar-refractivity contribution < 1.29 is 47.3 Å². The molecule has 0 unspecified atom stereocenters. The second-order valence-corrected chi connectivity index (χ2v) is 5.06. The third-order valence-corrected chi connectivity index (χ3v) is 2.06. The number of carbonyl (C=O) groups is 1. The van der Waals surface area contributed by atoms with E-state index >= 15 is 0 Å². The molecule has 1 rings (SSSR count). The molecule has 103 valence electrons. The summed E-state index contributed by atoms with van der Waals surface area (Å²) in [4.78, 5) is 17.0. The summed E-state index contributed by atoms with van der Waals surface area (Å²) in [5, 5.41) is 9.08. The molecule has 0 fully saturated rings. The van der Waals surface area contributed by atoms with Crippen LogP contribution in [0, 0.1) is 14.0 Å². The minimum Gasteiger partial charge on any atom is -0.445 e. The van der Waals surface area contributed by atoms with Crippen molar-refractivity contribution in [2.75, 3.05) is 4.90 Å². The average molecular weight is 340 g/mol. The molecule has 0 saturated carbocycles. The Hall–Kier alpha value is -0.516. The Balaban J connectivity index is 0.00000324. The summed E-state index contributed by atoms with van der Waals surface area (Å²) in [5.41, 5.74) is 0.792. The van der Waals surface area contributed by atoms with Crippen LogP contribution in [0.3, 0.4) is 0 Å². The van der Waals surface area contributed by atoms with Gasteiger partial charge in [-0.15, -0.1) is 0 Å². The molecular weight excluding hydrogens is 321 g/mol. The fourth-order valence-electron chi connectivity index (χ4n) is 1.35. The smallest absolute Gasteiger partial charge is 0.385 e. The second kappa shape index (κ2) is 7.32. The molecule has 1 aromatic heterocycles. The molecule has 0 aliphatic rings. The number of aryl methyl sites for hydroxylation is 1. The molecule has 0 aliphatic heterocycles. The van der Waals surface area contributed by atoms with Gasteiger partial charge in [0.25, 0.3) is 0 Å². The summed E-state index contributed by atoms with van der Waals surface area (Å²) in [6.45, 7) is 7.01. The van der Waals surface area contributed by atoms with E-state index in [1.54, 1.807) is 32.9 Å². The predicted octanol–water partition coefficient (Wildman–Crippen LogP) is 2.41. The number of pyridine rings is 1. The van der Waals surface area contributed by atoms with E-state index in [-0.39, 0.29) is 39.3 Å². The standard InChI is InChI=1S/C13H19N2O3.Y/c1-9-6-10(8-16)14-11(7-9)15(5)12(17)18-13(2,3)4;/h6-7,16H,5,8H2,1-4H3;/q-1;. The number of anilines is 1. The quantitative estimate of drug-likeness (QED) is 0.840. The van der Waals surface area contributed by atoms with E-state index in [2.05, 4.69) is 12.0 Å². The molecule has 1 aromatic rings. The van der Waals surface area contributed by atoms with Crippen molar-refractivity contribution in [3.8, 4) is 0 Å². The van der Waals surface area contributed by atoms with Crippen LogP contribution in [0.5, 0.6) is 0 Å². The summed E-state index contributed by atoms with van der Waals surface area (Å²) >= 11 is 0. The van der Waals surface area contributed by atoms with Crippen molar-refractivity contribution >= 4 is 11.9 Å². The fourth-order valence-corrected chi connectivity index (χ4v) is 1.35. The van der Waals surface area contributed by atoms with Gasteiger partial charge in [0, 0.05) is 32.7 Å². The molecular formula is C13H19N2O3Y-. The molecule has 0 spiro atoms. The molecule has 1 N–H and O–H groups in total. The Labute approximate surface area is 139 Å². The van der Waals surface area contributed by atoms with Crippen LogP contribution in [0.25, 0.3) is 0 Å². The van der Waals surface area contributed by atoms with Crippen LogP contribution in [-0.4, -0.2) is 21.8 Å². The average Bonchev–Trinajstić information content (AvgIpc) is 2.24. The van der Waals surface area contributed by atoms with E-state index in [1.165, 1.54) is 0 Å². The van der Waals surface area contributed by atoms with Gasteiger partial charge in [0.15, 0.2) is 0 Å². The van der Waals surface area contributed by atoms with Crippen molar-refractivity contribution in [2.24, 2.45) is 0 Å². The number of aliphatic hydroxyl groups excluding tert-OH is 1. The van der Waals surface area contributed by atoms with Gasteiger partial charge in [-0.25, -0.2) is 16.8 Å². The Morgan fingerprint density at radius 1 is 1.47 bits per heavy atom. The molecule has 19 heavy (non-hydrogen) atoms. The first kappa shape index (κ1) is 18.5. The van der Waals surface area contributed by atoms with Crippen LogP contribution in [0.2, 0.25) is 0 Å². The molecule has 0 saturated heterocycles. The maximum Gasteiger partial charge on any atom is 0.385 e. The van der Waals surface area contributed by atoms with Gasteiger partial charge in [-0.1, -0.05) is 0 Å². The molecule has 5 nitrogen and oxygen atoms in total. The van der Waals surface area contributed by atoms with E-state index < -0.39 is 11.7 Å². The number of rotatable bonds is 2. The molecule has 0 bridgehead atoms. The Morgan fingerprint density at radius 3 is 2.53 bits per heavy atom. The third kappa shape index (κ3) is 5.98. The Kier molecular flexibility index (Phi) is 7.12. The van der Waals surface area contributed by atoms with Gasteiger partial charge in [-0.3, -0.25) is 0 Å². The molecule has 1 radical (unpaired) electrons. The molecule has 0 atom stereocenters. The summed E-state index contributed by atoms with van der Waals surface area (Å²) in [5.74, 6) is 0.355. The van der Waals surface area contributed by atoms with Gasteiger partial charge in [0.1, 0.15) is 11.4 Å². The maximum atomic E-state index is 11.8. The molecule has 0 aromatic carbocycles. The van der Waals surface area contributed by atoms with Crippen molar-refractivity contribution in [1.29, 1.82) is 0 Å². The number of hydrogen-bond donors (Lipinski definition) is 1. The summed E-state index contributed by atoms with van der Waals surface area (Å²) in [7, 11) is 3.62. The van der Waals surface area contributed by atoms with Gasteiger partial charge >= 0.3 is 6.09 Å². The minimum absolute atomic E-state index is 0. The van der Waals surface area contributed by atoms with E-state index in [9.17, 15) is 4.79 Å². The molecule has 0 aliphatic carbocycles. The first-order valence-corrected chi connectivity index (χ1v) is 5.65. The van der Waals surface area contributed by atoms with E-state index in [0.717, 1.165) is 10.5 Å². The zero-order chi connectivity index (χ0) is 13.9. The number of carbonyl (C=O) groups excluding carboxylic acids is 1. The van der Waals surface area contributed by atoms with E-state index in [0.29, 0.717) is 11.5 Å². The SMILES string of the molecule is [CH2-]N(C(=O)OC(C)(C)C)c1cc(C)cc(CO)n1.[Y]. The van der Waals surface area contributed by atoms with Gasteiger partial charge < -0.3 is 14.7 Å². The van der Waals surface area contributed by atoms with Crippen molar-refractivity contribution in [1.82, 2.24) is 4.98 Å². The minimum atomic E-state index is -0.587. The van der Waals surface area contributed by atoms with Crippen LogP contribution in [0.4, 0.5) is 10.6 Å². The fraction of sp³-hybridized carbons (Fsp3) is 0.462. The summed E-state index contributed by atoms with van der Waals surface area (Å²) in [6.07, 6.45) is -0.579. The first-order valence-electron chi connectivity index (χ1n) is 5.65. The van der Waals surface area contributed by atoms with Crippen LogP contribution >= 0.6 is 0 Å². The van der Waals surface area contributed by atoms with Crippen molar-refractivity contribution in [3.63, 3.8) is 0 Å². The largest absolute Gasteiger partial charge is 0.445 e. The maximum absolute atomic E-state index is 11.8. The van der Waals surface area contributed by atoms with Crippen molar-refractivity contribution in [3.05, 3.63) is 30.4 Å². The van der Waals surface area contributed by atoms with E-state index in [4.69, 9.17) is 9.84 Å². The number of amides is 1. The van der Waals surface area contributed by atoms with E-state index in [1.807, 2.05) is 6.92 Å². The van der Waals surface area contributed by atoms with Crippen LogP contribution < -0.4 is 4.90 Å². The molecule has 6 heteroatoms. The van der Waals surface area contributed by atoms with Crippen LogP contribution in [-0.2, 0) is 44.1 Å². The summed E-state index contributed by atoms with van der Waals surface area (Å²) < 4.78 is 5.19. The zero-order valence-corrected chi connectivity index (χ0v) is 14.6. The van der Waals surface area contributed by atoms with Gasteiger partial charge in [0.2, 0.25) is 0 Å². The van der Waals surface area contributed by atoms with Crippen molar-refractivity contribution in [2.45, 2.75) is 39.9 Å². The first-order chi connectivity index (χ1) is 8.23. The van der Waals surface area contributed by atoms with Gasteiger partial charge in [0.05, 0.1) is 12.3 Å². The van der Waals surface area contributed by atoms with Crippen LogP contribution in [0.1, 0.15) is 32.0 Å². The monoisotopic (exact) mass is 340 g/mol. The summed E-state index contributed by atoms with van der Waals surface area (Å²) in [6, 6.07) is 3.45. The number of aliphatic hydroxyl groups is 1. The molecule has 1 heterocycles. The number of ether oxygens (including phenoxy) is 1.